The van der Waals surface area contributed by atoms with Gasteiger partial charge in [-0.3, -0.25) is 14.6 Å². The van der Waals surface area contributed by atoms with Gasteiger partial charge in [0.15, 0.2) is 5.17 Å². The number of para-hydroxylation sites is 1. The fourth-order valence-corrected chi connectivity index (χ4v) is 4.79. The maximum atomic E-state index is 13.3. The topological polar surface area (TPSA) is 74.1 Å². The number of nitrogens with one attached hydrogen (secondary N) is 1. The molecule has 2 aliphatic heterocycles. The van der Waals surface area contributed by atoms with E-state index in [1.54, 1.807) is 29.2 Å². The van der Waals surface area contributed by atoms with E-state index in [1.807, 2.05) is 38.1 Å². The molecule has 2 heterocycles. The average molecular weight is 469 g/mol. The Hall–Kier alpha value is -2.64. The number of amidine groups is 2. The second-order valence-electron chi connectivity index (χ2n) is 7.88. The lowest BCUT2D eigenvalue weighted by atomic mass is 10.00. The first-order valence-corrected chi connectivity index (χ1v) is 12.0. The lowest BCUT2D eigenvalue weighted by Gasteiger charge is -2.27. The summed E-state index contributed by atoms with van der Waals surface area (Å²) >= 11 is 7.23. The summed E-state index contributed by atoms with van der Waals surface area (Å²) in [7, 11) is 0. The van der Waals surface area contributed by atoms with Crippen molar-refractivity contribution in [2.24, 2.45) is 15.9 Å². The van der Waals surface area contributed by atoms with Crippen molar-refractivity contribution in [2.75, 3.05) is 5.32 Å². The van der Waals surface area contributed by atoms with Crippen molar-refractivity contribution in [2.45, 2.75) is 44.9 Å². The zero-order valence-corrected chi connectivity index (χ0v) is 19.8. The number of aliphatic imine (C=N–C) groups is 2. The van der Waals surface area contributed by atoms with Gasteiger partial charge in [0.25, 0.3) is 5.91 Å². The molecule has 0 aliphatic carbocycles. The van der Waals surface area contributed by atoms with E-state index in [1.165, 1.54) is 11.8 Å². The number of nitrogens with zero attached hydrogens (tertiary/aromatic N) is 3. The Morgan fingerprint density at radius 1 is 1.16 bits per heavy atom. The van der Waals surface area contributed by atoms with E-state index in [2.05, 4.69) is 12.2 Å². The third kappa shape index (κ3) is 4.32. The molecule has 2 aromatic carbocycles. The minimum atomic E-state index is -0.435. The van der Waals surface area contributed by atoms with Crippen molar-refractivity contribution >= 4 is 57.6 Å². The fraction of sp³-hybridized carbons (Fsp3) is 0.333. The molecule has 0 radical (unpaired) electrons. The molecule has 8 heteroatoms. The second-order valence-corrected chi connectivity index (χ2v) is 9.49. The number of fused-ring (bicyclic) bond motifs is 3. The van der Waals surface area contributed by atoms with Gasteiger partial charge in [-0.1, -0.05) is 62.7 Å². The zero-order chi connectivity index (χ0) is 22.8. The Bertz CT molecular complexity index is 1100. The number of carbonyl (C=O) groups excluding carboxylic acids is 2. The number of anilines is 1. The number of hydrogen-bond acceptors (Lipinski definition) is 5. The van der Waals surface area contributed by atoms with Crippen LogP contribution in [-0.2, 0) is 9.59 Å². The highest BCUT2D eigenvalue weighted by molar-refractivity contribution is 8.15. The van der Waals surface area contributed by atoms with Crippen molar-refractivity contribution in [1.29, 1.82) is 0 Å². The van der Waals surface area contributed by atoms with Gasteiger partial charge in [0.1, 0.15) is 11.9 Å². The minimum absolute atomic E-state index is 0.0805. The number of hydrogen-bond donors (Lipinski definition) is 1. The minimum Gasteiger partial charge on any atom is -0.325 e. The van der Waals surface area contributed by atoms with Crippen LogP contribution in [-0.4, -0.2) is 39.0 Å². The van der Waals surface area contributed by atoms with Crippen LogP contribution in [0.2, 0.25) is 5.02 Å². The predicted octanol–water partition coefficient (Wildman–Crippen LogP) is 5.50. The molecule has 0 aromatic heterocycles. The van der Waals surface area contributed by atoms with Gasteiger partial charge in [0.2, 0.25) is 5.91 Å². The van der Waals surface area contributed by atoms with E-state index in [-0.39, 0.29) is 17.7 Å². The van der Waals surface area contributed by atoms with E-state index in [0.717, 1.165) is 17.7 Å². The van der Waals surface area contributed by atoms with E-state index in [9.17, 15) is 9.59 Å². The molecule has 166 valence electrons. The number of amides is 2. The van der Waals surface area contributed by atoms with Gasteiger partial charge >= 0.3 is 0 Å². The second kappa shape index (κ2) is 9.46. The molecule has 0 fully saturated rings. The molecule has 0 bridgehead atoms. The number of carbonyl (C=O) groups is 2. The van der Waals surface area contributed by atoms with Gasteiger partial charge in [-0.05, 0) is 48.7 Å². The van der Waals surface area contributed by atoms with Gasteiger partial charge in [-0.15, -0.1) is 0 Å². The Morgan fingerprint density at radius 3 is 2.56 bits per heavy atom. The Labute approximate surface area is 197 Å². The van der Waals surface area contributed by atoms with Crippen LogP contribution in [0.5, 0.6) is 0 Å². The summed E-state index contributed by atoms with van der Waals surface area (Å²) in [6, 6.07) is 14.2. The zero-order valence-electron chi connectivity index (χ0n) is 18.2. The Morgan fingerprint density at radius 2 is 1.88 bits per heavy atom. The van der Waals surface area contributed by atoms with Crippen LogP contribution in [0.15, 0.2) is 58.5 Å². The molecule has 4 rings (SSSR count). The van der Waals surface area contributed by atoms with Gasteiger partial charge in [-0.25, -0.2) is 9.89 Å². The molecule has 32 heavy (non-hydrogen) atoms. The lowest BCUT2D eigenvalue weighted by Crippen LogP contribution is -2.43. The summed E-state index contributed by atoms with van der Waals surface area (Å²) < 4.78 is 0. The number of benzene rings is 2. The third-order valence-electron chi connectivity index (χ3n) is 5.70. The van der Waals surface area contributed by atoms with Crippen LogP contribution in [0.3, 0.4) is 0 Å². The molecule has 6 nitrogen and oxygen atoms in total. The van der Waals surface area contributed by atoms with Crippen LogP contribution in [0.1, 0.15) is 39.2 Å². The van der Waals surface area contributed by atoms with Gasteiger partial charge < -0.3 is 5.32 Å². The average Bonchev–Trinajstić information content (AvgIpc) is 3.16. The third-order valence-corrected chi connectivity index (χ3v) is 7.27. The highest BCUT2D eigenvalue weighted by Crippen LogP contribution is 2.36. The van der Waals surface area contributed by atoms with E-state index >= 15 is 0 Å². The lowest BCUT2D eigenvalue weighted by molar-refractivity contribution is -0.125. The van der Waals surface area contributed by atoms with Crippen LogP contribution < -0.4 is 5.32 Å². The van der Waals surface area contributed by atoms with Crippen LogP contribution in [0.4, 0.5) is 11.4 Å². The van der Waals surface area contributed by atoms with Crippen LogP contribution in [0.25, 0.3) is 0 Å². The smallest absolute Gasteiger partial charge is 0.259 e. The molecule has 1 N–H and O–H groups in total. The normalized spacial score (nSPS) is 18.9. The Balaban J connectivity index is 1.62. The quantitative estimate of drug-likeness (QED) is 0.608. The van der Waals surface area contributed by atoms with Crippen molar-refractivity contribution in [3.8, 4) is 0 Å². The SMILES string of the molecule is CC[C@H](SC1=Nc2ccccc2C2=N[C@H]([C@@H](C)CC)C(=O)N12)C(=O)Nc1ccc(Cl)cc1. The molecular weight excluding hydrogens is 444 g/mol. The summed E-state index contributed by atoms with van der Waals surface area (Å²) in [5, 5.41) is 3.61. The predicted molar refractivity (Wildman–Crippen MR) is 132 cm³/mol. The highest BCUT2D eigenvalue weighted by Gasteiger charge is 2.43. The van der Waals surface area contributed by atoms with Crippen molar-refractivity contribution in [3.05, 3.63) is 59.1 Å². The van der Waals surface area contributed by atoms with Crippen LogP contribution in [0, 0.1) is 5.92 Å². The van der Waals surface area contributed by atoms with E-state index < -0.39 is 11.3 Å². The maximum Gasteiger partial charge on any atom is 0.259 e. The van der Waals surface area contributed by atoms with E-state index in [0.29, 0.717) is 28.1 Å². The largest absolute Gasteiger partial charge is 0.325 e. The summed E-state index contributed by atoms with van der Waals surface area (Å²) in [5.74, 6) is 0.517. The number of rotatable bonds is 6. The van der Waals surface area contributed by atoms with E-state index in [4.69, 9.17) is 21.6 Å². The molecule has 2 amide bonds. The summed E-state index contributed by atoms with van der Waals surface area (Å²) in [6.45, 7) is 6.04. The first-order chi connectivity index (χ1) is 15.4. The molecule has 2 aromatic rings. The standard InChI is InChI=1S/C24H25ClN4O2S/c1-4-14(3)20-23(31)29-21(28-20)17-8-6-7-9-18(17)27-24(29)32-19(5-2)22(30)26-16-12-10-15(25)11-13-16/h6-14,19-20H,4-5H2,1-3H3,(H,26,30)/t14-,19-,20+/m0/s1. The van der Waals surface area contributed by atoms with Crippen molar-refractivity contribution in [1.82, 2.24) is 4.90 Å². The maximum absolute atomic E-state index is 13.3. The number of thioether (sulfide) groups is 1. The monoisotopic (exact) mass is 468 g/mol. The summed E-state index contributed by atoms with van der Waals surface area (Å²) in [4.78, 5) is 37.5. The van der Waals surface area contributed by atoms with Crippen molar-refractivity contribution in [3.63, 3.8) is 0 Å². The highest BCUT2D eigenvalue weighted by atomic mass is 35.5. The van der Waals surface area contributed by atoms with Crippen molar-refractivity contribution < 1.29 is 9.59 Å². The first-order valence-electron chi connectivity index (χ1n) is 10.8. The molecule has 0 saturated heterocycles. The molecule has 0 unspecified atom stereocenters. The molecule has 0 saturated carbocycles. The summed E-state index contributed by atoms with van der Waals surface area (Å²) in [6.07, 6.45) is 1.43. The fourth-order valence-electron chi connectivity index (χ4n) is 3.65. The molecule has 0 spiro atoms. The molecular formula is C24H25ClN4O2S. The Kier molecular flexibility index (Phi) is 6.67. The van der Waals surface area contributed by atoms with Gasteiger partial charge in [-0.2, -0.15) is 0 Å². The molecule has 3 atom stereocenters. The first kappa shape index (κ1) is 22.6. The molecule has 2 aliphatic rings. The van der Waals surface area contributed by atoms with Crippen LogP contribution >= 0.6 is 23.4 Å². The van der Waals surface area contributed by atoms with Gasteiger partial charge in [0.05, 0.1) is 10.9 Å². The summed E-state index contributed by atoms with van der Waals surface area (Å²) in [5.41, 5.74) is 2.27. The van der Waals surface area contributed by atoms with Gasteiger partial charge in [0, 0.05) is 16.3 Å². The number of halogens is 1.